The minimum atomic E-state index is -3.43. The summed E-state index contributed by atoms with van der Waals surface area (Å²) in [6, 6.07) is 1.65. The van der Waals surface area contributed by atoms with Crippen LogP contribution >= 0.6 is 0 Å². The van der Waals surface area contributed by atoms with E-state index in [4.69, 9.17) is 5.26 Å². The van der Waals surface area contributed by atoms with E-state index >= 15 is 0 Å². The molecule has 0 spiro atoms. The molecule has 1 aliphatic heterocycles. The molecule has 1 atom stereocenters. The molecule has 0 aromatic rings. The Bertz CT molecular complexity index is 367. The summed E-state index contributed by atoms with van der Waals surface area (Å²) >= 11 is 0. The van der Waals surface area contributed by atoms with Crippen LogP contribution in [0, 0.1) is 17.2 Å². The molecule has 1 heterocycles. The zero-order chi connectivity index (χ0) is 12.9. The first-order chi connectivity index (χ1) is 7.97. The number of piperidine rings is 1. The van der Waals surface area contributed by atoms with Gasteiger partial charge in [-0.3, -0.25) is 0 Å². The third-order valence-corrected chi connectivity index (χ3v) is 4.80. The maximum absolute atomic E-state index is 11.9. The number of nitriles is 1. The Balaban J connectivity index is 2.69. The van der Waals surface area contributed by atoms with Gasteiger partial charge in [-0.25, -0.2) is 8.42 Å². The van der Waals surface area contributed by atoms with E-state index < -0.39 is 15.8 Å². The molecule has 1 rings (SSSR count). The third kappa shape index (κ3) is 4.26. The zero-order valence-electron chi connectivity index (χ0n) is 10.5. The van der Waals surface area contributed by atoms with Gasteiger partial charge in [0.2, 0.25) is 10.0 Å². The first kappa shape index (κ1) is 14.4. The topological polar surface area (TPSA) is 73.2 Å². The molecular formula is C11H21N3O2S. The lowest BCUT2D eigenvalue weighted by atomic mass is 9.99. The smallest absolute Gasteiger partial charge is 0.227 e. The molecule has 0 aliphatic carbocycles. The fourth-order valence-corrected chi connectivity index (χ4v) is 3.55. The van der Waals surface area contributed by atoms with Gasteiger partial charge in [0.15, 0.2) is 5.75 Å². The highest BCUT2D eigenvalue weighted by Crippen LogP contribution is 2.16. The Morgan fingerprint density at radius 3 is 2.71 bits per heavy atom. The quantitative estimate of drug-likeness (QED) is 0.782. The third-order valence-electron chi connectivity index (χ3n) is 3.02. The van der Waals surface area contributed by atoms with Crippen LogP contribution in [0.15, 0.2) is 0 Å². The number of rotatable bonds is 5. The average Bonchev–Trinajstić information content (AvgIpc) is 2.26. The number of hydrogen-bond acceptors (Lipinski definition) is 4. The molecule has 6 heteroatoms. The number of nitrogens with one attached hydrogen (secondary N) is 1. The Morgan fingerprint density at radius 2 is 2.24 bits per heavy atom. The largest absolute Gasteiger partial charge is 0.316 e. The minimum Gasteiger partial charge on any atom is -0.316 e. The fraction of sp³-hybridized carbons (Fsp3) is 0.909. The van der Waals surface area contributed by atoms with Crippen molar-refractivity contribution in [3.63, 3.8) is 0 Å². The molecule has 1 saturated heterocycles. The first-order valence-electron chi connectivity index (χ1n) is 6.04. The predicted octanol–water partition coefficient (Wildman–Crippen LogP) is 0.550. The molecular weight excluding hydrogens is 238 g/mol. The van der Waals surface area contributed by atoms with Gasteiger partial charge in [-0.2, -0.15) is 9.57 Å². The second kappa shape index (κ2) is 6.34. The molecule has 0 aromatic heterocycles. The fourth-order valence-electron chi connectivity index (χ4n) is 2.14. The van der Waals surface area contributed by atoms with Crippen molar-refractivity contribution < 1.29 is 8.42 Å². The number of sulfonamides is 1. The summed E-state index contributed by atoms with van der Waals surface area (Å²) in [6.07, 6.45) is 2.15. The summed E-state index contributed by atoms with van der Waals surface area (Å²) in [5, 5.41) is 11.8. The van der Waals surface area contributed by atoms with Gasteiger partial charge in [0.05, 0.1) is 6.07 Å². The molecule has 0 radical (unpaired) electrons. The summed E-state index contributed by atoms with van der Waals surface area (Å²) in [5.74, 6) is -0.0645. The van der Waals surface area contributed by atoms with E-state index in [-0.39, 0.29) is 6.04 Å². The van der Waals surface area contributed by atoms with E-state index in [1.165, 1.54) is 4.31 Å². The average molecular weight is 259 g/mol. The van der Waals surface area contributed by atoms with Gasteiger partial charge in [0, 0.05) is 12.6 Å². The maximum atomic E-state index is 11.9. The van der Waals surface area contributed by atoms with Crippen LogP contribution < -0.4 is 5.32 Å². The van der Waals surface area contributed by atoms with Crippen molar-refractivity contribution in [3.05, 3.63) is 0 Å². The van der Waals surface area contributed by atoms with Crippen LogP contribution in [0.3, 0.4) is 0 Å². The van der Waals surface area contributed by atoms with Crippen LogP contribution in [0.25, 0.3) is 0 Å². The van der Waals surface area contributed by atoms with Crippen molar-refractivity contribution in [2.45, 2.75) is 32.7 Å². The second-order valence-corrected chi connectivity index (χ2v) is 6.71. The normalized spacial score (nSPS) is 21.7. The first-order valence-corrected chi connectivity index (χ1v) is 7.65. The molecule has 1 aliphatic rings. The van der Waals surface area contributed by atoms with E-state index in [9.17, 15) is 8.42 Å². The van der Waals surface area contributed by atoms with E-state index in [1.807, 2.05) is 13.8 Å². The highest BCUT2D eigenvalue weighted by atomic mass is 32.2. The highest BCUT2D eigenvalue weighted by Gasteiger charge is 2.28. The predicted molar refractivity (Wildman–Crippen MR) is 66.8 cm³/mol. The minimum absolute atomic E-state index is 0.0877. The van der Waals surface area contributed by atoms with Gasteiger partial charge in [0.1, 0.15) is 0 Å². The molecule has 1 unspecified atom stereocenters. The highest BCUT2D eigenvalue weighted by molar-refractivity contribution is 7.89. The van der Waals surface area contributed by atoms with Crippen LogP contribution in [-0.4, -0.2) is 44.2 Å². The van der Waals surface area contributed by atoms with Crippen molar-refractivity contribution in [3.8, 4) is 6.07 Å². The van der Waals surface area contributed by atoms with E-state index in [2.05, 4.69) is 5.32 Å². The number of hydrogen-bond donors (Lipinski definition) is 1. The van der Waals surface area contributed by atoms with Crippen LogP contribution in [0.2, 0.25) is 0 Å². The Morgan fingerprint density at radius 1 is 1.53 bits per heavy atom. The van der Waals surface area contributed by atoms with Crippen molar-refractivity contribution in [1.29, 1.82) is 5.26 Å². The second-order valence-electron chi connectivity index (χ2n) is 4.79. The SMILES string of the molecule is CC(C)N(CC1CCCNC1)S(=O)(=O)CC#N. The zero-order valence-corrected chi connectivity index (χ0v) is 11.3. The summed E-state index contributed by atoms with van der Waals surface area (Å²) in [6.45, 7) is 6.11. The van der Waals surface area contributed by atoms with Crippen LogP contribution in [-0.2, 0) is 10.0 Å². The summed E-state index contributed by atoms with van der Waals surface area (Å²) in [7, 11) is -3.43. The molecule has 17 heavy (non-hydrogen) atoms. The maximum Gasteiger partial charge on any atom is 0.227 e. The lowest BCUT2D eigenvalue weighted by Gasteiger charge is -2.31. The molecule has 0 aromatic carbocycles. The monoisotopic (exact) mass is 259 g/mol. The Labute approximate surface area is 104 Å². The Kier molecular flexibility index (Phi) is 5.37. The van der Waals surface area contributed by atoms with Crippen LogP contribution in [0.1, 0.15) is 26.7 Å². The van der Waals surface area contributed by atoms with Crippen molar-refractivity contribution in [1.82, 2.24) is 9.62 Å². The van der Waals surface area contributed by atoms with Crippen LogP contribution in [0.4, 0.5) is 0 Å². The molecule has 5 nitrogen and oxygen atoms in total. The van der Waals surface area contributed by atoms with Gasteiger partial charge in [0.25, 0.3) is 0 Å². The van der Waals surface area contributed by atoms with Gasteiger partial charge < -0.3 is 5.32 Å². The standard InChI is InChI=1S/C11H21N3O2S/c1-10(2)14(17(15,16)7-5-12)9-11-4-3-6-13-8-11/h10-11,13H,3-4,6-9H2,1-2H3. The molecule has 1 N–H and O–H groups in total. The van der Waals surface area contributed by atoms with Crippen LogP contribution in [0.5, 0.6) is 0 Å². The van der Waals surface area contributed by atoms with Gasteiger partial charge in [-0.1, -0.05) is 0 Å². The summed E-state index contributed by atoms with van der Waals surface area (Å²) in [5.41, 5.74) is 0. The van der Waals surface area contributed by atoms with Crippen molar-refractivity contribution >= 4 is 10.0 Å². The van der Waals surface area contributed by atoms with E-state index in [0.717, 1.165) is 25.9 Å². The molecule has 0 amide bonds. The molecule has 98 valence electrons. The lowest BCUT2D eigenvalue weighted by Crippen LogP contribution is -2.44. The lowest BCUT2D eigenvalue weighted by molar-refractivity contribution is 0.264. The van der Waals surface area contributed by atoms with Gasteiger partial charge in [-0.15, -0.1) is 0 Å². The van der Waals surface area contributed by atoms with E-state index in [0.29, 0.717) is 12.5 Å². The van der Waals surface area contributed by atoms with Gasteiger partial charge in [-0.05, 0) is 45.7 Å². The van der Waals surface area contributed by atoms with Crippen molar-refractivity contribution in [2.75, 3.05) is 25.4 Å². The van der Waals surface area contributed by atoms with Crippen molar-refractivity contribution in [2.24, 2.45) is 5.92 Å². The van der Waals surface area contributed by atoms with Gasteiger partial charge >= 0.3 is 0 Å². The summed E-state index contributed by atoms with van der Waals surface area (Å²) < 4.78 is 25.3. The van der Waals surface area contributed by atoms with E-state index in [1.54, 1.807) is 6.07 Å². The Hall–Kier alpha value is -0.640. The molecule has 0 saturated carbocycles. The summed E-state index contributed by atoms with van der Waals surface area (Å²) in [4.78, 5) is 0. The number of nitrogens with zero attached hydrogens (tertiary/aromatic N) is 2. The molecule has 1 fully saturated rings. The molecule has 0 bridgehead atoms.